The smallest absolute Gasteiger partial charge is 0.253 e. The molecule has 4 rings (SSSR count). The van der Waals surface area contributed by atoms with E-state index in [0.29, 0.717) is 13.2 Å². The second-order valence-electron chi connectivity index (χ2n) is 6.52. The number of fused-ring (bicyclic) bond motifs is 1. The van der Waals surface area contributed by atoms with Crippen LogP contribution in [0.25, 0.3) is 11.3 Å². The molecule has 0 bridgehead atoms. The van der Waals surface area contributed by atoms with Crippen molar-refractivity contribution in [3.05, 3.63) is 83.6 Å². The van der Waals surface area contributed by atoms with E-state index in [1.54, 1.807) is 6.20 Å². The molecule has 26 heavy (non-hydrogen) atoms. The SMILES string of the molecule is Cc1ccc(CN2C(=O)COCc3cc(-c4ccccn4)ccc32)cc1. The van der Waals surface area contributed by atoms with Crippen LogP contribution in [-0.2, 0) is 22.7 Å². The number of hydrogen-bond acceptors (Lipinski definition) is 3. The summed E-state index contributed by atoms with van der Waals surface area (Å²) in [4.78, 5) is 18.8. The van der Waals surface area contributed by atoms with Crippen LogP contribution in [0.3, 0.4) is 0 Å². The number of carbonyl (C=O) groups excluding carboxylic acids is 1. The number of aryl methyl sites for hydroxylation is 1. The fourth-order valence-electron chi connectivity index (χ4n) is 3.17. The maximum absolute atomic E-state index is 12.6. The molecule has 130 valence electrons. The number of carbonyl (C=O) groups is 1. The molecule has 1 aromatic heterocycles. The molecule has 2 aromatic carbocycles. The summed E-state index contributed by atoms with van der Waals surface area (Å²) in [7, 11) is 0. The van der Waals surface area contributed by atoms with Crippen LogP contribution in [0.4, 0.5) is 5.69 Å². The summed E-state index contributed by atoms with van der Waals surface area (Å²) in [6.45, 7) is 3.12. The van der Waals surface area contributed by atoms with Gasteiger partial charge in [-0.3, -0.25) is 9.78 Å². The van der Waals surface area contributed by atoms with Crippen LogP contribution in [-0.4, -0.2) is 17.5 Å². The Bertz CT molecular complexity index is 921. The van der Waals surface area contributed by atoms with Crippen molar-refractivity contribution in [1.82, 2.24) is 4.98 Å². The van der Waals surface area contributed by atoms with Crippen LogP contribution in [0.2, 0.25) is 0 Å². The van der Waals surface area contributed by atoms with Gasteiger partial charge >= 0.3 is 0 Å². The molecule has 1 aliphatic heterocycles. The molecule has 0 aliphatic carbocycles. The van der Waals surface area contributed by atoms with E-state index < -0.39 is 0 Å². The second kappa shape index (κ2) is 7.10. The average Bonchev–Trinajstić information content (AvgIpc) is 2.83. The number of anilines is 1. The Morgan fingerprint density at radius 3 is 2.65 bits per heavy atom. The predicted octanol–water partition coefficient (Wildman–Crippen LogP) is 4.12. The number of ether oxygens (including phenoxy) is 1. The molecular weight excluding hydrogens is 324 g/mol. The van der Waals surface area contributed by atoms with Crippen molar-refractivity contribution < 1.29 is 9.53 Å². The Balaban J connectivity index is 1.70. The third kappa shape index (κ3) is 3.37. The topological polar surface area (TPSA) is 42.4 Å². The third-order valence-corrected chi connectivity index (χ3v) is 4.58. The number of aromatic nitrogens is 1. The Labute approximate surface area is 153 Å². The molecule has 1 aliphatic rings. The molecule has 0 saturated carbocycles. The molecule has 2 heterocycles. The number of amides is 1. The summed E-state index contributed by atoms with van der Waals surface area (Å²) >= 11 is 0. The number of benzene rings is 2. The molecule has 0 atom stereocenters. The highest BCUT2D eigenvalue weighted by molar-refractivity contribution is 5.95. The van der Waals surface area contributed by atoms with Gasteiger partial charge in [0.05, 0.1) is 18.8 Å². The van der Waals surface area contributed by atoms with Gasteiger partial charge in [-0.2, -0.15) is 0 Å². The first-order valence-electron chi connectivity index (χ1n) is 8.69. The largest absolute Gasteiger partial charge is 0.367 e. The molecule has 4 heteroatoms. The van der Waals surface area contributed by atoms with Gasteiger partial charge in [0, 0.05) is 23.0 Å². The molecule has 3 aromatic rings. The highest BCUT2D eigenvalue weighted by atomic mass is 16.5. The summed E-state index contributed by atoms with van der Waals surface area (Å²) in [6.07, 6.45) is 1.78. The van der Waals surface area contributed by atoms with Crippen molar-refractivity contribution >= 4 is 11.6 Å². The Morgan fingerprint density at radius 2 is 1.88 bits per heavy atom. The summed E-state index contributed by atoms with van der Waals surface area (Å²) in [6, 6.07) is 20.2. The first-order chi connectivity index (χ1) is 12.7. The van der Waals surface area contributed by atoms with E-state index in [1.807, 2.05) is 35.2 Å². The first kappa shape index (κ1) is 16.5. The van der Waals surface area contributed by atoms with Crippen LogP contribution >= 0.6 is 0 Å². The van der Waals surface area contributed by atoms with Crippen LogP contribution in [0, 0.1) is 6.92 Å². The number of hydrogen-bond donors (Lipinski definition) is 0. The summed E-state index contributed by atoms with van der Waals surface area (Å²) < 4.78 is 5.60. The lowest BCUT2D eigenvalue weighted by Crippen LogP contribution is -2.32. The van der Waals surface area contributed by atoms with E-state index in [2.05, 4.69) is 42.2 Å². The van der Waals surface area contributed by atoms with Crippen molar-refractivity contribution in [2.75, 3.05) is 11.5 Å². The van der Waals surface area contributed by atoms with Gasteiger partial charge in [0.1, 0.15) is 6.61 Å². The molecule has 0 spiro atoms. The van der Waals surface area contributed by atoms with Gasteiger partial charge in [-0.25, -0.2) is 0 Å². The molecule has 0 fully saturated rings. The zero-order valence-corrected chi connectivity index (χ0v) is 14.7. The van der Waals surface area contributed by atoms with Gasteiger partial charge in [-0.1, -0.05) is 42.0 Å². The molecule has 0 unspecified atom stereocenters. The fourth-order valence-corrected chi connectivity index (χ4v) is 3.17. The number of nitrogens with zero attached hydrogens (tertiary/aromatic N) is 2. The second-order valence-corrected chi connectivity index (χ2v) is 6.52. The average molecular weight is 344 g/mol. The first-order valence-corrected chi connectivity index (χ1v) is 8.69. The Hall–Kier alpha value is -2.98. The van der Waals surface area contributed by atoms with E-state index in [4.69, 9.17) is 4.74 Å². The molecule has 4 nitrogen and oxygen atoms in total. The molecule has 1 amide bonds. The summed E-state index contributed by atoms with van der Waals surface area (Å²) in [5.41, 5.74) is 6.16. The van der Waals surface area contributed by atoms with Crippen molar-refractivity contribution in [2.45, 2.75) is 20.1 Å². The van der Waals surface area contributed by atoms with E-state index in [9.17, 15) is 4.79 Å². The van der Waals surface area contributed by atoms with Crippen molar-refractivity contribution in [2.24, 2.45) is 0 Å². The van der Waals surface area contributed by atoms with Crippen LogP contribution in [0.5, 0.6) is 0 Å². The highest BCUT2D eigenvalue weighted by Crippen LogP contribution is 2.30. The Kier molecular flexibility index (Phi) is 4.50. The zero-order chi connectivity index (χ0) is 17.9. The van der Waals surface area contributed by atoms with Crippen LogP contribution in [0.15, 0.2) is 66.9 Å². The normalized spacial score (nSPS) is 14.0. The third-order valence-electron chi connectivity index (χ3n) is 4.58. The lowest BCUT2D eigenvalue weighted by atomic mass is 10.0. The fraction of sp³-hybridized carbons (Fsp3) is 0.182. The van der Waals surface area contributed by atoms with Gasteiger partial charge in [-0.05, 0) is 36.8 Å². The highest BCUT2D eigenvalue weighted by Gasteiger charge is 2.23. The van der Waals surface area contributed by atoms with Crippen LogP contribution in [0.1, 0.15) is 16.7 Å². The minimum absolute atomic E-state index is 0.0186. The monoisotopic (exact) mass is 344 g/mol. The quantitative estimate of drug-likeness (QED) is 0.718. The van der Waals surface area contributed by atoms with Gasteiger partial charge in [0.2, 0.25) is 0 Å². The van der Waals surface area contributed by atoms with Gasteiger partial charge in [0.15, 0.2) is 0 Å². The van der Waals surface area contributed by atoms with E-state index in [-0.39, 0.29) is 12.5 Å². The van der Waals surface area contributed by atoms with Gasteiger partial charge < -0.3 is 9.64 Å². The maximum atomic E-state index is 12.6. The number of pyridine rings is 1. The molecule has 0 radical (unpaired) electrons. The molecular formula is C22H20N2O2. The molecule has 0 saturated heterocycles. The lowest BCUT2D eigenvalue weighted by molar-refractivity contribution is -0.123. The number of rotatable bonds is 3. The van der Waals surface area contributed by atoms with Crippen molar-refractivity contribution in [3.63, 3.8) is 0 Å². The summed E-state index contributed by atoms with van der Waals surface area (Å²) in [5.74, 6) is -0.0186. The molecule has 0 N–H and O–H groups in total. The Morgan fingerprint density at radius 1 is 1.04 bits per heavy atom. The summed E-state index contributed by atoms with van der Waals surface area (Å²) in [5, 5.41) is 0. The van der Waals surface area contributed by atoms with E-state index in [0.717, 1.165) is 28.1 Å². The van der Waals surface area contributed by atoms with Crippen LogP contribution < -0.4 is 4.90 Å². The predicted molar refractivity (Wildman–Crippen MR) is 102 cm³/mol. The lowest BCUT2D eigenvalue weighted by Gasteiger charge is -2.23. The minimum atomic E-state index is -0.0186. The standard InChI is InChI=1S/C22H20N2O2/c1-16-5-7-17(8-6-16)13-24-21-10-9-18(20-4-2-3-11-23-20)12-19(21)14-26-15-22(24)25/h2-12H,13-15H2,1H3. The van der Waals surface area contributed by atoms with Gasteiger partial charge in [0.25, 0.3) is 5.91 Å². The maximum Gasteiger partial charge on any atom is 0.253 e. The minimum Gasteiger partial charge on any atom is -0.367 e. The van der Waals surface area contributed by atoms with E-state index >= 15 is 0 Å². The van der Waals surface area contributed by atoms with Crippen molar-refractivity contribution in [1.29, 1.82) is 0 Å². The van der Waals surface area contributed by atoms with E-state index in [1.165, 1.54) is 5.56 Å². The van der Waals surface area contributed by atoms with Gasteiger partial charge in [-0.15, -0.1) is 0 Å². The van der Waals surface area contributed by atoms with Crippen molar-refractivity contribution in [3.8, 4) is 11.3 Å². The zero-order valence-electron chi connectivity index (χ0n) is 14.7.